The van der Waals surface area contributed by atoms with Gasteiger partial charge in [0.25, 0.3) is 0 Å². The van der Waals surface area contributed by atoms with Gasteiger partial charge >= 0.3 is 0 Å². The second kappa shape index (κ2) is 2.58. The van der Waals surface area contributed by atoms with E-state index in [0.717, 1.165) is 11.5 Å². The zero-order valence-corrected chi connectivity index (χ0v) is 5.68. The summed E-state index contributed by atoms with van der Waals surface area (Å²) in [7, 11) is 0. The molecule has 1 heterocycles. The number of ether oxygens (including phenoxy) is 2. The van der Waals surface area contributed by atoms with Gasteiger partial charge in [-0.25, -0.2) is 0 Å². The Morgan fingerprint density at radius 2 is 1.56 bits per heavy atom. The van der Waals surface area contributed by atoms with Crippen LogP contribution in [0.25, 0.3) is 0 Å². The molecule has 1 aliphatic rings. The number of rotatable bonds is 0. The third-order valence-corrected chi connectivity index (χ3v) is 1.20. The minimum atomic E-state index is 0.360. The van der Waals surface area contributed by atoms with E-state index in [1.54, 1.807) is 0 Å². The highest BCUT2D eigenvalue weighted by molar-refractivity contribution is 5.20. The van der Waals surface area contributed by atoms with Gasteiger partial charge < -0.3 is 9.47 Å². The SMILES string of the molecule is CC=C1OCOC1=CC. The standard InChI is InChI=1S/C7H10O2/c1-3-6-7(4-2)9-5-8-6/h3-4H,5H2,1-2H3. The molecule has 0 saturated carbocycles. The van der Waals surface area contributed by atoms with E-state index in [9.17, 15) is 0 Å². The second-order valence-corrected chi connectivity index (χ2v) is 1.71. The zero-order valence-electron chi connectivity index (χ0n) is 5.68. The molecule has 9 heavy (non-hydrogen) atoms. The normalized spacial score (nSPS) is 26.4. The van der Waals surface area contributed by atoms with Gasteiger partial charge in [-0.3, -0.25) is 0 Å². The first-order chi connectivity index (χ1) is 4.38. The zero-order chi connectivity index (χ0) is 6.69. The van der Waals surface area contributed by atoms with Crippen molar-refractivity contribution in [2.24, 2.45) is 0 Å². The van der Waals surface area contributed by atoms with Crippen molar-refractivity contribution in [1.29, 1.82) is 0 Å². The van der Waals surface area contributed by atoms with Crippen LogP contribution in [0.5, 0.6) is 0 Å². The van der Waals surface area contributed by atoms with Crippen LogP contribution in [-0.4, -0.2) is 6.79 Å². The first kappa shape index (κ1) is 6.20. The predicted octanol–water partition coefficient (Wildman–Crippen LogP) is 1.80. The molecule has 2 heteroatoms. The Morgan fingerprint density at radius 1 is 1.11 bits per heavy atom. The lowest BCUT2D eigenvalue weighted by molar-refractivity contribution is 0.0975. The summed E-state index contributed by atoms with van der Waals surface area (Å²) in [4.78, 5) is 0. The van der Waals surface area contributed by atoms with Crippen molar-refractivity contribution >= 4 is 0 Å². The van der Waals surface area contributed by atoms with Crippen LogP contribution >= 0.6 is 0 Å². The molecule has 1 saturated heterocycles. The van der Waals surface area contributed by atoms with Gasteiger partial charge in [-0.05, 0) is 26.0 Å². The van der Waals surface area contributed by atoms with E-state index >= 15 is 0 Å². The minimum Gasteiger partial charge on any atom is -0.454 e. The lowest BCUT2D eigenvalue weighted by Gasteiger charge is -1.90. The number of hydrogen-bond acceptors (Lipinski definition) is 2. The largest absolute Gasteiger partial charge is 0.454 e. The number of hydrogen-bond donors (Lipinski definition) is 0. The first-order valence-electron chi connectivity index (χ1n) is 2.97. The van der Waals surface area contributed by atoms with Crippen LogP contribution in [0, 0.1) is 0 Å². The molecule has 0 amide bonds. The van der Waals surface area contributed by atoms with E-state index in [2.05, 4.69) is 0 Å². The maximum Gasteiger partial charge on any atom is 0.231 e. The summed E-state index contributed by atoms with van der Waals surface area (Å²) in [6.45, 7) is 4.21. The Kier molecular flexibility index (Phi) is 1.78. The predicted molar refractivity (Wildman–Crippen MR) is 34.6 cm³/mol. The molecular formula is C7H10O2. The molecule has 0 unspecified atom stereocenters. The maximum absolute atomic E-state index is 5.08. The molecule has 1 rings (SSSR count). The molecule has 2 nitrogen and oxygen atoms in total. The topological polar surface area (TPSA) is 18.5 Å². The third-order valence-electron chi connectivity index (χ3n) is 1.20. The van der Waals surface area contributed by atoms with Gasteiger partial charge in [0.15, 0.2) is 11.5 Å². The van der Waals surface area contributed by atoms with Gasteiger partial charge in [-0.2, -0.15) is 0 Å². The Hall–Kier alpha value is -0.920. The molecule has 0 bridgehead atoms. The van der Waals surface area contributed by atoms with Crippen molar-refractivity contribution in [2.45, 2.75) is 13.8 Å². The van der Waals surface area contributed by atoms with Crippen LogP contribution in [0.1, 0.15) is 13.8 Å². The minimum absolute atomic E-state index is 0.360. The van der Waals surface area contributed by atoms with Gasteiger partial charge in [0.05, 0.1) is 0 Å². The summed E-state index contributed by atoms with van der Waals surface area (Å²) in [6, 6.07) is 0. The summed E-state index contributed by atoms with van der Waals surface area (Å²) < 4.78 is 10.2. The van der Waals surface area contributed by atoms with Crippen LogP contribution in [0.3, 0.4) is 0 Å². The van der Waals surface area contributed by atoms with Crippen LogP contribution in [0.2, 0.25) is 0 Å². The van der Waals surface area contributed by atoms with E-state index in [-0.39, 0.29) is 0 Å². The van der Waals surface area contributed by atoms with Gasteiger partial charge in [-0.15, -0.1) is 0 Å². The summed E-state index contributed by atoms with van der Waals surface area (Å²) in [5.74, 6) is 1.69. The summed E-state index contributed by atoms with van der Waals surface area (Å²) >= 11 is 0. The molecule has 0 aromatic heterocycles. The fourth-order valence-electron chi connectivity index (χ4n) is 0.750. The Morgan fingerprint density at radius 3 is 1.89 bits per heavy atom. The molecule has 1 aliphatic heterocycles. The molecule has 0 aliphatic carbocycles. The van der Waals surface area contributed by atoms with Crippen LogP contribution < -0.4 is 0 Å². The molecule has 0 aromatic carbocycles. The Bertz CT molecular complexity index is 138. The monoisotopic (exact) mass is 126 g/mol. The summed E-state index contributed by atoms with van der Waals surface area (Å²) in [5.41, 5.74) is 0. The Labute approximate surface area is 54.8 Å². The summed E-state index contributed by atoms with van der Waals surface area (Å²) in [5, 5.41) is 0. The fraction of sp³-hybridized carbons (Fsp3) is 0.429. The average molecular weight is 126 g/mol. The summed E-state index contributed by atoms with van der Waals surface area (Å²) in [6.07, 6.45) is 3.78. The molecule has 0 aromatic rings. The van der Waals surface area contributed by atoms with Crippen molar-refractivity contribution in [3.05, 3.63) is 23.7 Å². The van der Waals surface area contributed by atoms with Crippen molar-refractivity contribution in [2.75, 3.05) is 6.79 Å². The lowest BCUT2D eigenvalue weighted by Crippen LogP contribution is -1.78. The Balaban J connectivity index is 2.75. The van der Waals surface area contributed by atoms with Gasteiger partial charge in [0.2, 0.25) is 6.79 Å². The quantitative estimate of drug-likeness (QED) is 0.492. The molecule has 0 spiro atoms. The van der Waals surface area contributed by atoms with Crippen LogP contribution in [-0.2, 0) is 9.47 Å². The number of allylic oxidation sites excluding steroid dienone is 2. The lowest BCUT2D eigenvalue weighted by atomic mass is 10.4. The fourth-order valence-corrected chi connectivity index (χ4v) is 0.750. The van der Waals surface area contributed by atoms with Gasteiger partial charge in [-0.1, -0.05) is 0 Å². The van der Waals surface area contributed by atoms with Gasteiger partial charge in [0.1, 0.15) is 0 Å². The van der Waals surface area contributed by atoms with Crippen molar-refractivity contribution in [3.63, 3.8) is 0 Å². The average Bonchev–Trinajstić information content (AvgIpc) is 2.33. The van der Waals surface area contributed by atoms with Crippen molar-refractivity contribution in [1.82, 2.24) is 0 Å². The third kappa shape index (κ3) is 1.07. The van der Waals surface area contributed by atoms with E-state index in [1.807, 2.05) is 26.0 Å². The van der Waals surface area contributed by atoms with E-state index in [4.69, 9.17) is 9.47 Å². The smallest absolute Gasteiger partial charge is 0.231 e. The molecular weight excluding hydrogens is 116 g/mol. The second-order valence-electron chi connectivity index (χ2n) is 1.71. The maximum atomic E-state index is 5.08. The highest BCUT2D eigenvalue weighted by Crippen LogP contribution is 2.19. The van der Waals surface area contributed by atoms with Crippen molar-refractivity contribution in [3.8, 4) is 0 Å². The van der Waals surface area contributed by atoms with E-state index in [0.29, 0.717) is 6.79 Å². The van der Waals surface area contributed by atoms with Crippen LogP contribution in [0.15, 0.2) is 23.7 Å². The van der Waals surface area contributed by atoms with Crippen LogP contribution in [0.4, 0.5) is 0 Å². The van der Waals surface area contributed by atoms with E-state index < -0.39 is 0 Å². The molecule has 50 valence electrons. The molecule has 0 N–H and O–H groups in total. The van der Waals surface area contributed by atoms with Crippen molar-refractivity contribution < 1.29 is 9.47 Å². The molecule has 1 fully saturated rings. The first-order valence-corrected chi connectivity index (χ1v) is 2.97. The highest BCUT2D eigenvalue weighted by Gasteiger charge is 2.12. The highest BCUT2D eigenvalue weighted by atomic mass is 16.7. The molecule has 0 atom stereocenters. The van der Waals surface area contributed by atoms with Gasteiger partial charge in [0, 0.05) is 0 Å². The molecule has 0 radical (unpaired) electrons. The van der Waals surface area contributed by atoms with E-state index in [1.165, 1.54) is 0 Å².